The maximum atomic E-state index is 12.7. The summed E-state index contributed by atoms with van der Waals surface area (Å²) in [7, 11) is 2.68. The van der Waals surface area contributed by atoms with Crippen LogP contribution in [0.4, 0.5) is 5.69 Å². The quantitative estimate of drug-likeness (QED) is 0.718. The van der Waals surface area contributed by atoms with E-state index in [9.17, 15) is 9.59 Å². The van der Waals surface area contributed by atoms with Crippen LogP contribution in [-0.2, 0) is 19.1 Å². The molecule has 0 saturated carbocycles. The van der Waals surface area contributed by atoms with Gasteiger partial charge in [-0.25, -0.2) is 9.59 Å². The van der Waals surface area contributed by atoms with Gasteiger partial charge in [0.05, 0.1) is 35.6 Å². The summed E-state index contributed by atoms with van der Waals surface area (Å²) in [5.74, 6) is -0.960. The molecule has 2 aromatic carbocycles. The predicted octanol–water partition coefficient (Wildman–Crippen LogP) is 4.77. The van der Waals surface area contributed by atoms with Gasteiger partial charge in [0.15, 0.2) is 0 Å². The Morgan fingerprint density at radius 2 is 1.52 bits per heavy atom. The van der Waals surface area contributed by atoms with E-state index >= 15 is 0 Å². The molecule has 1 unspecified atom stereocenters. The maximum absolute atomic E-state index is 12.7. The van der Waals surface area contributed by atoms with Gasteiger partial charge in [0.2, 0.25) is 0 Å². The van der Waals surface area contributed by atoms with E-state index in [2.05, 4.69) is 5.32 Å². The van der Waals surface area contributed by atoms with Crippen molar-refractivity contribution >= 4 is 29.4 Å². The lowest BCUT2D eigenvalue weighted by molar-refractivity contribution is -0.136. The zero-order valence-corrected chi connectivity index (χ0v) is 17.6. The number of anilines is 1. The molecule has 150 valence electrons. The third-order valence-electron chi connectivity index (χ3n) is 4.71. The summed E-state index contributed by atoms with van der Waals surface area (Å²) in [5, 5.41) is 3.64. The SMILES string of the molecule is COC(=O)C1=C(Nc2ccccc2)SC(c2ccc(C)cc2)C(C(=O)OC)=C1C. The average Bonchev–Trinajstić information content (AvgIpc) is 2.74. The Kier molecular flexibility index (Phi) is 6.44. The highest BCUT2D eigenvalue weighted by Gasteiger charge is 2.36. The molecule has 0 aliphatic carbocycles. The fourth-order valence-electron chi connectivity index (χ4n) is 3.18. The Hall–Kier alpha value is -2.99. The molecule has 1 aliphatic heterocycles. The molecule has 0 fully saturated rings. The van der Waals surface area contributed by atoms with Crippen LogP contribution in [-0.4, -0.2) is 26.2 Å². The molecule has 1 aliphatic rings. The topological polar surface area (TPSA) is 64.6 Å². The first kappa shape index (κ1) is 20.7. The number of rotatable bonds is 5. The summed E-state index contributed by atoms with van der Waals surface area (Å²) in [6.45, 7) is 3.77. The summed E-state index contributed by atoms with van der Waals surface area (Å²) in [6.07, 6.45) is 0. The van der Waals surface area contributed by atoms with Crippen LogP contribution in [0.15, 0.2) is 76.3 Å². The molecule has 1 N–H and O–H groups in total. The van der Waals surface area contributed by atoms with Crippen LogP contribution in [0.2, 0.25) is 0 Å². The number of nitrogens with one attached hydrogen (secondary N) is 1. The number of hydrogen-bond acceptors (Lipinski definition) is 6. The van der Waals surface area contributed by atoms with Crippen LogP contribution in [0.1, 0.15) is 23.3 Å². The molecule has 2 aromatic rings. The Morgan fingerprint density at radius 1 is 0.897 bits per heavy atom. The second-order valence-corrected chi connectivity index (χ2v) is 7.74. The number of carbonyl (C=O) groups excluding carboxylic acids is 2. The van der Waals surface area contributed by atoms with Crippen molar-refractivity contribution in [1.82, 2.24) is 0 Å². The lowest BCUT2D eigenvalue weighted by Crippen LogP contribution is -2.23. The minimum absolute atomic E-state index is 0.317. The highest BCUT2D eigenvalue weighted by molar-refractivity contribution is 8.03. The molecule has 6 heteroatoms. The third-order valence-corrected chi connectivity index (χ3v) is 6.00. The van der Waals surface area contributed by atoms with E-state index < -0.39 is 11.9 Å². The van der Waals surface area contributed by atoms with Gasteiger partial charge in [-0.05, 0) is 37.1 Å². The Morgan fingerprint density at radius 3 is 2.10 bits per heavy atom. The minimum Gasteiger partial charge on any atom is -0.466 e. The van der Waals surface area contributed by atoms with Crippen molar-refractivity contribution in [3.05, 3.63) is 87.5 Å². The van der Waals surface area contributed by atoms with E-state index in [0.29, 0.717) is 21.7 Å². The Balaban J connectivity index is 2.16. The first-order valence-electron chi connectivity index (χ1n) is 9.13. The number of carbonyl (C=O) groups is 2. The lowest BCUT2D eigenvalue weighted by atomic mass is 9.94. The summed E-state index contributed by atoms with van der Waals surface area (Å²) < 4.78 is 10.1. The molecule has 0 spiro atoms. The first-order chi connectivity index (χ1) is 14.0. The van der Waals surface area contributed by atoms with Gasteiger partial charge in [0.1, 0.15) is 0 Å². The van der Waals surface area contributed by atoms with Gasteiger partial charge in [-0.3, -0.25) is 0 Å². The average molecular weight is 410 g/mol. The molecule has 0 aromatic heterocycles. The molecule has 0 amide bonds. The highest BCUT2D eigenvalue weighted by atomic mass is 32.2. The molecular weight excluding hydrogens is 386 g/mol. The zero-order chi connectivity index (χ0) is 21.0. The number of para-hydroxylation sites is 1. The van der Waals surface area contributed by atoms with Crippen LogP contribution in [0, 0.1) is 6.92 Å². The first-order valence-corrected chi connectivity index (χ1v) is 10.0. The van der Waals surface area contributed by atoms with Gasteiger partial charge < -0.3 is 14.8 Å². The van der Waals surface area contributed by atoms with Crippen molar-refractivity contribution in [2.75, 3.05) is 19.5 Å². The maximum Gasteiger partial charge on any atom is 0.340 e. The largest absolute Gasteiger partial charge is 0.466 e. The fourth-order valence-corrected chi connectivity index (χ4v) is 4.63. The number of ether oxygens (including phenoxy) is 2. The van der Waals surface area contributed by atoms with E-state index in [0.717, 1.165) is 16.8 Å². The molecule has 3 rings (SSSR count). The van der Waals surface area contributed by atoms with E-state index in [1.165, 1.54) is 26.0 Å². The van der Waals surface area contributed by atoms with Crippen molar-refractivity contribution < 1.29 is 19.1 Å². The minimum atomic E-state index is -0.503. The molecule has 0 saturated heterocycles. The van der Waals surface area contributed by atoms with Crippen LogP contribution >= 0.6 is 11.8 Å². The van der Waals surface area contributed by atoms with Crippen molar-refractivity contribution in [1.29, 1.82) is 0 Å². The number of thioether (sulfide) groups is 1. The third kappa shape index (κ3) is 4.38. The highest BCUT2D eigenvalue weighted by Crippen LogP contribution is 2.49. The van der Waals surface area contributed by atoms with E-state index in [1.807, 2.05) is 61.5 Å². The summed E-state index contributed by atoms with van der Waals surface area (Å²) in [5.41, 5.74) is 4.25. The van der Waals surface area contributed by atoms with Gasteiger partial charge in [0, 0.05) is 5.69 Å². The number of methoxy groups -OCH3 is 2. The molecule has 29 heavy (non-hydrogen) atoms. The van der Waals surface area contributed by atoms with Gasteiger partial charge in [-0.1, -0.05) is 59.8 Å². The van der Waals surface area contributed by atoms with Crippen LogP contribution in [0.3, 0.4) is 0 Å². The van der Waals surface area contributed by atoms with Crippen molar-refractivity contribution in [2.24, 2.45) is 0 Å². The van der Waals surface area contributed by atoms with Crippen molar-refractivity contribution in [2.45, 2.75) is 19.1 Å². The van der Waals surface area contributed by atoms with Gasteiger partial charge >= 0.3 is 11.9 Å². The van der Waals surface area contributed by atoms with Crippen molar-refractivity contribution in [3.8, 4) is 0 Å². The van der Waals surface area contributed by atoms with Crippen molar-refractivity contribution in [3.63, 3.8) is 0 Å². The standard InChI is InChI=1S/C23H23NO4S/c1-14-10-12-16(13-11-14)20-18(22(25)27-3)15(2)19(23(26)28-4)21(29-20)24-17-8-6-5-7-9-17/h5-13,20,24H,1-4H3. The van der Waals surface area contributed by atoms with E-state index in [4.69, 9.17) is 9.47 Å². The van der Waals surface area contributed by atoms with E-state index in [-0.39, 0.29) is 5.25 Å². The second kappa shape index (κ2) is 9.01. The normalized spacial score (nSPS) is 16.5. The van der Waals surface area contributed by atoms with Crippen LogP contribution in [0.25, 0.3) is 0 Å². The molecule has 0 bridgehead atoms. The fraction of sp³-hybridized carbons (Fsp3) is 0.217. The summed E-state index contributed by atoms with van der Waals surface area (Å²) in [4.78, 5) is 25.3. The van der Waals surface area contributed by atoms with Crippen LogP contribution in [0.5, 0.6) is 0 Å². The molecule has 1 heterocycles. The molecule has 0 radical (unpaired) electrons. The zero-order valence-electron chi connectivity index (χ0n) is 16.8. The lowest BCUT2D eigenvalue weighted by Gasteiger charge is -2.29. The number of hydrogen-bond donors (Lipinski definition) is 1. The van der Waals surface area contributed by atoms with E-state index in [1.54, 1.807) is 6.92 Å². The molecule has 1 atom stereocenters. The second-order valence-electron chi connectivity index (χ2n) is 6.63. The molecule has 5 nitrogen and oxygen atoms in total. The number of aryl methyl sites for hydroxylation is 1. The Bertz CT molecular complexity index is 978. The number of esters is 2. The van der Waals surface area contributed by atoms with Gasteiger partial charge in [-0.2, -0.15) is 0 Å². The summed E-state index contributed by atoms with van der Waals surface area (Å²) >= 11 is 1.40. The predicted molar refractivity (Wildman–Crippen MR) is 115 cm³/mol. The van der Waals surface area contributed by atoms with Gasteiger partial charge in [-0.15, -0.1) is 0 Å². The monoisotopic (exact) mass is 409 g/mol. The number of benzene rings is 2. The van der Waals surface area contributed by atoms with Gasteiger partial charge in [0.25, 0.3) is 0 Å². The van der Waals surface area contributed by atoms with Crippen LogP contribution < -0.4 is 5.32 Å². The summed E-state index contributed by atoms with van der Waals surface area (Å²) in [6, 6.07) is 17.6. The smallest absolute Gasteiger partial charge is 0.340 e. The molecular formula is C23H23NO4S. The Labute approximate surface area is 174 Å².